The third-order valence-electron chi connectivity index (χ3n) is 6.99. The van der Waals surface area contributed by atoms with E-state index in [4.69, 9.17) is 0 Å². The number of rotatable bonds is 8. The van der Waals surface area contributed by atoms with Gasteiger partial charge in [0.25, 0.3) is 5.91 Å². The highest BCUT2D eigenvalue weighted by molar-refractivity contribution is 6.05. The average Bonchev–Trinajstić information content (AvgIpc) is 2.92. The van der Waals surface area contributed by atoms with Gasteiger partial charge >= 0.3 is 6.18 Å². The van der Waals surface area contributed by atoms with Crippen molar-refractivity contribution < 1.29 is 18.0 Å². The summed E-state index contributed by atoms with van der Waals surface area (Å²) in [5.74, 6) is -0.238. The zero-order valence-electron chi connectivity index (χ0n) is 22.8. The van der Waals surface area contributed by atoms with Crippen LogP contribution in [-0.2, 0) is 12.7 Å². The van der Waals surface area contributed by atoms with Gasteiger partial charge in [0, 0.05) is 66.8 Å². The summed E-state index contributed by atoms with van der Waals surface area (Å²) in [7, 11) is 3.92. The number of nitrogens with zero attached hydrogens (tertiary/aromatic N) is 6. The van der Waals surface area contributed by atoms with Crippen LogP contribution in [0.5, 0.6) is 0 Å². The summed E-state index contributed by atoms with van der Waals surface area (Å²) in [6.45, 7) is 3.47. The number of aromatic nitrogens is 4. The molecule has 1 aliphatic heterocycles. The maximum absolute atomic E-state index is 13.9. The molecule has 0 atom stereocenters. The fourth-order valence-electron chi connectivity index (χ4n) is 4.53. The van der Waals surface area contributed by atoms with Crippen molar-refractivity contribution in [3.63, 3.8) is 0 Å². The highest BCUT2D eigenvalue weighted by Crippen LogP contribution is 2.35. The van der Waals surface area contributed by atoms with Crippen molar-refractivity contribution in [2.45, 2.75) is 25.7 Å². The van der Waals surface area contributed by atoms with Crippen molar-refractivity contribution in [2.24, 2.45) is 0 Å². The van der Waals surface area contributed by atoms with Gasteiger partial charge in [0.1, 0.15) is 6.33 Å². The molecular formula is C29H29F3N8O. The predicted molar refractivity (Wildman–Crippen MR) is 150 cm³/mol. The van der Waals surface area contributed by atoms with E-state index in [2.05, 4.69) is 35.5 Å². The summed E-state index contributed by atoms with van der Waals surface area (Å²) < 4.78 is 41.8. The van der Waals surface area contributed by atoms with Crippen LogP contribution in [0.2, 0.25) is 0 Å². The quantitative estimate of drug-likeness (QED) is 0.310. The van der Waals surface area contributed by atoms with E-state index in [1.165, 1.54) is 18.5 Å². The standard InChI is InChI=1S/C29H29F3N8O/c1-18-4-5-19(10-26(18)38-28-35-9-8-25(37-28)21-12-33-17-34-13-21)27(41)36-22-7-6-20(24(11-22)29(30,31)32)14-40-15-23(16-40)39(2)3/h4-13,17,23H,14-16H2,1-3H3,(H,36,41)(H,35,37,38). The third kappa shape index (κ3) is 6.67. The van der Waals surface area contributed by atoms with Gasteiger partial charge in [0.05, 0.1) is 11.3 Å². The normalized spacial score (nSPS) is 14.1. The van der Waals surface area contributed by atoms with Crippen molar-refractivity contribution in [1.82, 2.24) is 29.7 Å². The van der Waals surface area contributed by atoms with Gasteiger partial charge in [0.15, 0.2) is 0 Å². The highest BCUT2D eigenvalue weighted by atomic mass is 19.4. The number of alkyl halides is 3. The zero-order chi connectivity index (χ0) is 29.1. The second-order valence-corrected chi connectivity index (χ2v) is 10.2. The fourth-order valence-corrected chi connectivity index (χ4v) is 4.53. The first-order valence-electron chi connectivity index (χ1n) is 12.9. The zero-order valence-corrected chi connectivity index (χ0v) is 22.8. The topological polar surface area (TPSA) is 99.2 Å². The fraction of sp³-hybridized carbons (Fsp3) is 0.276. The molecule has 0 radical (unpaired) electrons. The van der Waals surface area contributed by atoms with Crippen molar-refractivity contribution in [1.29, 1.82) is 0 Å². The molecule has 4 aromatic rings. The molecule has 2 aromatic heterocycles. The van der Waals surface area contributed by atoms with E-state index in [1.54, 1.807) is 42.9 Å². The Morgan fingerprint density at radius 3 is 2.54 bits per heavy atom. The number of amides is 1. The van der Waals surface area contributed by atoms with E-state index in [9.17, 15) is 18.0 Å². The summed E-state index contributed by atoms with van der Waals surface area (Å²) in [5, 5.41) is 5.73. The second-order valence-electron chi connectivity index (χ2n) is 10.2. The summed E-state index contributed by atoms with van der Waals surface area (Å²) in [6.07, 6.45) is 1.74. The Kier molecular flexibility index (Phi) is 7.95. The highest BCUT2D eigenvalue weighted by Gasteiger charge is 2.36. The number of carbonyl (C=O) groups is 1. The van der Waals surface area contributed by atoms with Crippen LogP contribution >= 0.6 is 0 Å². The van der Waals surface area contributed by atoms with Crippen LogP contribution in [0.25, 0.3) is 11.3 Å². The first-order valence-corrected chi connectivity index (χ1v) is 12.9. The number of carbonyl (C=O) groups excluding carboxylic acids is 1. The van der Waals surface area contributed by atoms with E-state index in [-0.39, 0.29) is 23.4 Å². The Hall–Kier alpha value is -4.42. The molecule has 3 heterocycles. The molecule has 1 amide bonds. The smallest absolute Gasteiger partial charge is 0.324 e. The lowest BCUT2D eigenvalue weighted by atomic mass is 10.0. The van der Waals surface area contributed by atoms with Gasteiger partial charge in [-0.2, -0.15) is 13.2 Å². The van der Waals surface area contributed by atoms with Gasteiger partial charge in [0.2, 0.25) is 5.95 Å². The third-order valence-corrected chi connectivity index (χ3v) is 6.99. The Labute approximate surface area is 235 Å². The molecule has 2 aromatic carbocycles. The molecule has 1 aliphatic rings. The van der Waals surface area contributed by atoms with Crippen LogP contribution in [0.1, 0.15) is 27.0 Å². The van der Waals surface area contributed by atoms with E-state index in [1.807, 2.05) is 25.9 Å². The number of nitrogens with one attached hydrogen (secondary N) is 2. The molecule has 0 unspecified atom stereocenters. The Balaban J connectivity index is 1.31. The number of likely N-dealkylation sites (N-methyl/N-ethyl adjacent to an activating group) is 1. The van der Waals surface area contributed by atoms with Gasteiger partial charge in [-0.05, 0) is 62.5 Å². The van der Waals surface area contributed by atoms with Crippen molar-refractivity contribution in [2.75, 3.05) is 37.8 Å². The molecule has 12 heteroatoms. The van der Waals surface area contributed by atoms with Crippen molar-refractivity contribution in [3.05, 3.63) is 89.6 Å². The minimum atomic E-state index is -4.55. The van der Waals surface area contributed by atoms with E-state index < -0.39 is 17.6 Å². The molecule has 0 spiro atoms. The molecule has 1 fully saturated rings. The molecule has 1 saturated heterocycles. The molecule has 5 rings (SSSR count). The molecule has 41 heavy (non-hydrogen) atoms. The maximum Gasteiger partial charge on any atom is 0.416 e. The number of hydrogen-bond donors (Lipinski definition) is 2. The predicted octanol–water partition coefficient (Wildman–Crippen LogP) is 5.00. The second kappa shape index (κ2) is 11.6. The van der Waals surface area contributed by atoms with Gasteiger partial charge in [-0.3, -0.25) is 9.69 Å². The van der Waals surface area contributed by atoms with E-state index in [0.717, 1.165) is 17.2 Å². The number of anilines is 3. The van der Waals surface area contributed by atoms with Crippen LogP contribution in [0.4, 0.5) is 30.5 Å². The molecule has 2 N–H and O–H groups in total. The first-order chi connectivity index (χ1) is 19.6. The molecule has 212 valence electrons. The van der Waals surface area contributed by atoms with Crippen molar-refractivity contribution in [3.8, 4) is 11.3 Å². The summed E-state index contributed by atoms with van der Waals surface area (Å²) in [5.41, 5.74) is 2.49. The lowest BCUT2D eigenvalue weighted by molar-refractivity contribution is -0.138. The van der Waals surface area contributed by atoms with Crippen LogP contribution in [0.3, 0.4) is 0 Å². The number of likely N-dealkylation sites (tertiary alicyclic amines) is 1. The average molecular weight is 563 g/mol. The van der Waals surface area contributed by atoms with Crippen LogP contribution in [0, 0.1) is 6.92 Å². The van der Waals surface area contributed by atoms with E-state index in [0.29, 0.717) is 36.5 Å². The number of benzene rings is 2. The van der Waals surface area contributed by atoms with Gasteiger partial charge in [-0.25, -0.2) is 19.9 Å². The molecule has 0 saturated carbocycles. The Morgan fingerprint density at radius 1 is 1.07 bits per heavy atom. The summed E-state index contributed by atoms with van der Waals surface area (Å²) in [6, 6.07) is 11.0. The molecule has 0 aliphatic carbocycles. The number of hydrogen-bond acceptors (Lipinski definition) is 8. The summed E-state index contributed by atoms with van der Waals surface area (Å²) >= 11 is 0. The molecule has 0 bridgehead atoms. The molecular weight excluding hydrogens is 533 g/mol. The Bertz CT molecular complexity index is 1540. The monoisotopic (exact) mass is 562 g/mol. The SMILES string of the molecule is Cc1ccc(C(=O)Nc2ccc(CN3CC(N(C)C)C3)c(C(F)(F)F)c2)cc1Nc1nccc(-c2cncnc2)n1. The van der Waals surface area contributed by atoms with Crippen LogP contribution < -0.4 is 10.6 Å². The number of aryl methyl sites for hydroxylation is 1. The van der Waals surface area contributed by atoms with E-state index >= 15 is 0 Å². The minimum absolute atomic E-state index is 0.0667. The largest absolute Gasteiger partial charge is 0.416 e. The van der Waals surface area contributed by atoms with Gasteiger partial charge < -0.3 is 15.5 Å². The Morgan fingerprint density at radius 2 is 1.83 bits per heavy atom. The lowest BCUT2D eigenvalue weighted by Gasteiger charge is -2.43. The van der Waals surface area contributed by atoms with Crippen molar-refractivity contribution >= 4 is 23.2 Å². The van der Waals surface area contributed by atoms with Crippen LogP contribution in [-0.4, -0.2) is 68.9 Å². The minimum Gasteiger partial charge on any atom is -0.324 e. The van der Waals surface area contributed by atoms with Gasteiger partial charge in [-0.1, -0.05) is 12.1 Å². The van der Waals surface area contributed by atoms with Crippen LogP contribution in [0.15, 0.2) is 67.4 Å². The number of halogens is 3. The first kappa shape index (κ1) is 28.1. The lowest BCUT2D eigenvalue weighted by Crippen LogP contribution is -2.56. The maximum atomic E-state index is 13.9. The molecule has 9 nitrogen and oxygen atoms in total. The van der Waals surface area contributed by atoms with Gasteiger partial charge in [-0.15, -0.1) is 0 Å². The summed E-state index contributed by atoms with van der Waals surface area (Å²) in [4.78, 5) is 33.9.